The quantitative estimate of drug-likeness (QED) is 0.699. The Hall–Kier alpha value is -1.94. The van der Waals surface area contributed by atoms with Crippen LogP contribution in [0.3, 0.4) is 0 Å². The predicted octanol–water partition coefficient (Wildman–Crippen LogP) is 0.320. The van der Waals surface area contributed by atoms with Crippen molar-refractivity contribution in [2.75, 3.05) is 77.1 Å². The van der Waals surface area contributed by atoms with Crippen LogP contribution in [-0.4, -0.2) is 99.2 Å². The highest BCUT2D eigenvalue weighted by molar-refractivity contribution is 7.80. The molecular formula is C20H28N4O4S. The fraction of sp³-hybridized carbons (Fsp3) is 0.600. The molecule has 1 amide bonds. The zero-order chi connectivity index (χ0) is 20.1. The summed E-state index contributed by atoms with van der Waals surface area (Å²) in [5, 5.41) is 3.97. The molecule has 1 aromatic carbocycles. The average Bonchev–Trinajstić information content (AvgIpc) is 2.79. The number of para-hydroxylation sites is 2. The Balaban J connectivity index is 1.40. The van der Waals surface area contributed by atoms with E-state index in [2.05, 4.69) is 10.2 Å². The van der Waals surface area contributed by atoms with Gasteiger partial charge in [-0.2, -0.15) is 0 Å². The third kappa shape index (κ3) is 4.98. The Labute approximate surface area is 176 Å². The zero-order valence-electron chi connectivity index (χ0n) is 16.5. The number of morpholine rings is 2. The Morgan fingerprint density at radius 3 is 2.52 bits per heavy atom. The van der Waals surface area contributed by atoms with Gasteiger partial charge in [-0.05, 0) is 24.4 Å². The maximum Gasteiger partial charge on any atom is 0.265 e. The Morgan fingerprint density at radius 1 is 1.07 bits per heavy atom. The lowest BCUT2D eigenvalue weighted by atomic mass is 10.1. The molecule has 0 aliphatic carbocycles. The van der Waals surface area contributed by atoms with Gasteiger partial charge in [0.2, 0.25) is 0 Å². The molecule has 1 aromatic rings. The number of nitrogens with one attached hydrogen (secondary N) is 1. The van der Waals surface area contributed by atoms with Crippen molar-refractivity contribution in [3.63, 3.8) is 0 Å². The first-order valence-electron chi connectivity index (χ1n) is 10.2. The van der Waals surface area contributed by atoms with E-state index >= 15 is 0 Å². The number of nitrogens with zero attached hydrogens (tertiary/aromatic N) is 3. The van der Waals surface area contributed by atoms with E-state index in [0.29, 0.717) is 43.7 Å². The smallest absolute Gasteiger partial charge is 0.265 e. The minimum atomic E-state index is -0.581. The molecule has 0 unspecified atom stereocenters. The summed E-state index contributed by atoms with van der Waals surface area (Å²) >= 11 is 5.68. The van der Waals surface area contributed by atoms with Crippen molar-refractivity contribution >= 4 is 28.9 Å². The first kappa shape index (κ1) is 20.3. The van der Waals surface area contributed by atoms with Crippen molar-refractivity contribution < 1.29 is 19.0 Å². The molecule has 0 radical (unpaired) electrons. The van der Waals surface area contributed by atoms with Gasteiger partial charge in [0.15, 0.2) is 11.2 Å². The summed E-state index contributed by atoms with van der Waals surface area (Å²) in [6.45, 7) is 7.86. The van der Waals surface area contributed by atoms with Crippen LogP contribution >= 0.6 is 12.2 Å². The number of carbonyl (C=O) groups excluding carboxylic acids is 1. The standard InChI is InChI=1S/C20H28N4O4S/c25-19(23-9-13-27-14-10-23)18-15-24(16-3-1-2-4-17(16)28-18)20(29)21-5-6-22-7-11-26-12-8-22/h1-4,18H,5-15H2,(H,21,29)/t18-/m0/s1. The molecule has 2 saturated heterocycles. The number of amides is 1. The molecule has 4 rings (SSSR count). The first-order valence-corrected chi connectivity index (χ1v) is 10.6. The molecule has 3 aliphatic heterocycles. The minimum Gasteiger partial charge on any atom is -0.476 e. The van der Waals surface area contributed by atoms with Crippen LogP contribution in [0.25, 0.3) is 0 Å². The summed E-state index contributed by atoms with van der Waals surface area (Å²) in [7, 11) is 0. The lowest BCUT2D eigenvalue weighted by Gasteiger charge is -2.38. The van der Waals surface area contributed by atoms with E-state index in [1.165, 1.54) is 0 Å². The lowest BCUT2D eigenvalue weighted by Crippen LogP contribution is -2.55. The minimum absolute atomic E-state index is 0.0103. The number of hydrogen-bond acceptors (Lipinski definition) is 6. The molecule has 1 N–H and O–H groups in total. The van der Waals surface area contributed by atoms with E-state index in [9.17, 15) is 4.79 Å². The lowest BCUT2D eigenvalue weighted by molar-refractivity contribution is -0.142. The number of fused-ring (bicyclic) bond motifs is 1. The van der Waals surface area contributed by atoms with Gasteiger partial charge >= 0.3 is 0 Å². The van der Waals surface area contributed by atoms with Gasteiger partial charge in [0.1, 0.15) is 5.75 Å². The van der Waals surface area contributed by atoms with E-state index in [4.69, 9.17) is 26.4 Å². The van der Waals surface area contributed by atoms with E-state index in [1.807, 2.05) is 34.1 Å². The van der Waals surface area contributed by atoms with Crippen LogP contribution in [0.5, 0.6) is 5.75 Å². The number of anilines is 1. The zero-order valence-corrected chi connectivity index (χ0v) is 17.4. The van der Waals surface area contributed by atoms with Gasteiger partial charge in [0.05, 0.1) is 38.7 Å². The normalized spacial score (nSPS) is 22.6. The SMILES string of the molecule is O=C([C@@H]1CN(C(=S)NCCN2CCOCC2)c2ccccc2O1)N1CCOCC1. The summed E-state index contributed by atoms with van der Waals surface area (Å²) in [4.78, 5) is 19.1. The van der Waals surface area contributed by atoms with Crippen LogP contribution in [-0.2, 0) is 14.3 Å². The fourth-order valence-electron chi connectivity index (χ4n) is 3.78. The van der Waals surface area contributed by atoms with Crippen LogP contribution in [0.1, 0.15) is 0 Å². The molecule has 158 valence electrons. The molecule has 1 atom stereocenters. The van der Waals surface area contributed by atoms with Crippen molar-refractivity contribution in [3.8, 4) is 5.75 Å². The van der Waals surface area contributed by atoms with Crippen molar-refractivity contribution in [3.05, 3.63) is 24.3 Å². The average molecular weight is 421 g/mol. The van der Waals surface area contributed by atoms with E-state index in [0.717, 1.165) is 45.1 Å². The highest BCUT2D eigenvalue weighted by Gasteiger charge is 2.35. The maximum absolute atomic E-state index is 13.0. The van der Waals surface area contributed by atoms with E-state index in [1.54, 1.807) is 0 Å². The molecule has 0 bridgehead atoms. The Morgan fingerprint density at radius 2 is 1.76 bits per heavy atom. The number of hydrogen-bond donors (Lipinski definition) is 1. The summed E-state index contributed by atoms with van der Waals surface area (Å²) < 4.78 is 16.8. The molecule has 3 heterocycles. The number of benzene rings is 1. The molecule has 8 nitrogen and oxygen atoms in total. The van der Waals surface area contributed by atoms with E-state index in [-0.39, 0.29) is 5.91 Å². The first-order chi connectivity index (χ1) is 14.2. The molecule has 0 spiro atoms. The fourth-order valence-corrected chi connectivity index (χ4v) is 4.06. The molecule has 0 aromatic heterocycles. The third-order valence-electron chi connectivity index (χ3n) is 5.42. The van der Waals surface area contributed by atoms with Crippen molar-refractivity contribution in [2.24, 2.45) is 0 Å². The van der Waals surface area contributed by atoms with Crippen LogP contribution in [0.4, 0.5) is 5.69 Å². The van der Waals surface area contributed by atoms with Gasteiger partial charge in [-0.3, -0.25) is 9.69 Å². The summed E-state index contributed by atoms with van der Waals surface area (Å²) in [6.07, 6.45) is -0.581. The van der Waals surface area contributed by atoms with Crippen LogP contribution in [0.2, 0.25) is 0 Å². The summed E-state index contributed by atoms with van der Waals surface area (Å²) in [6, 6.07) is 7.72. The number of ether oxygens (including phenoxy) is 3. The molecular weight excluding hydrogens is 392 g/mol. The summed E-state index contributed by atoms with van der Waals surface area (Å²) in [5.74, 6) is 0.673. The second kappa shape index (κ2) is 9.71. The number of thiocarbonyl (C=S) groups is 1. The molecule has 2 fully saturated rings. The van der Waals surface area contributed by atoms with Crippen LogP contribution < -0.4 is 15.0 Å². The van der Waals surface area contributed by atoms with Gasteiger partial charge in [0, 0.05) is 39.3 Å². The van der Waals surface area contributed by atoms with Gasteiger partial charge in [-0.1, -0.05) is 12.1 Å². The van der Waals surface area contributed by atoms with Gasteiger partial charge in [-0.25, -0.2) is 0 Å². The highest BCUT2D eigenvalue weighted by Crippen LogP contribution is 2.33. The molecule has 9 heteroatoms. The summed E-state index contributed by atoms with van der Waals surface area (Å²) in [5.41, 5.74) is 0.891. The molecule has 3 aliphatic rings. The second-order valence-corrected chi connectivity index (χ2v) is 7.70. The third-order valence-corrected chi connectivity index (χ3v) is 5.79. The van der Waals surface area contributed by atoms with Gasteiger partial charge in [0.25, 0.3) is 5.91 Å². The van der Waals surface area contributed by atoms with Crippen molar-refractivity contribution in [2.45, 2.75) is 6.10 Å². The predicted molar refractivity (Wildman–Crippen MR) is 113 cm³/mol. The Bertz CT molecular complexity index is 722. The van der Waals surface area contributed by atoms with Crippen LogP contribution in [0.15, 0.2) is 24.3 Å². The van der Waals surface area contributed by atoms with E-state index < -0.39 is 6.10 Å². The topological polar surface area (TPSA) is 66.5 Å². The Kier molecular flexibility index (Phi) is 6.81. The highest BCUT2D eigenvalue weighted by atomic mass is 32.1. The van der Waals surface area contributed by atoms with Gasteiger partial charge in [-0.15, -0.1) is 0 Å². The number of rotatable bonds is 4. The molecule has 29 heavy (non-hydrogen) atoms. The second-order valence-electron chi connectivity index (χ2n) is 7.31. The number of carbonyl (C=O) groups is 1. The van der Waals surface area contributed by atoms with Crippen LogP contribution in [0, 0.1) is 0 Å². The maximum atomic E-state index is 13.0. The van der Waals surface area contributed by atoms with Gasteiger partial charge < -0.3 is 29.3 Å². The monoisotopic (exact) mass is 420 g/mol. The van der Waals surface area contributed by atoms with Crippen molar-refractivity contribution in [1.29, 1.82) is 0 Å². The van der Waals surface area contributed by atoms with Crippen molar-refractivity contribution in [1.82, 2.24) is 15.1 Å². The largest absolute Gasteiger partial charge is 0.476 e. The molecule has 0 saturated carbocycles.